The monoisotopic (exact) mass is 918 g/mol. The highest BCUT2D eigenvalue weighted by molar-refractivity contribution is 5.96. The van der Waals surface area contributed by atoms with Crippen molar-refractivity contribution >= 4 is 59.3 Å². The van der Waals surface area contributed by atoms with Gasteiger partial charge in [-0.25, -0.2) is 4.79 Å². The second-order valence-corrected chi connectivity index (χ2v) is 17.3. The van der Waals surface area contributed by atoms with E-state index in [1.165, 1.54) is 6.92 Å². The minimum atomic E-state index is -1.57. The zero-order valence-electron chi connectivity index (χ0n) is 37.4. The molecule has 65 heavy (non-hydrogen) atoms. The second kappa shape index (κ2) is 26.6. The average Bonchev–Trinajstić information content (AvgIpc) is 3.72. The lowest BCUT2D eigenvalue weighted by atomic mass is 9.83. The molecule has 0 saturated heterocycles. The summed E-state index contributed by atoms with van der Waals surface area (Å²) < 4.78 is 0. The molecular formula is C43H66N8O14. The van der Waals surface area contributed by atoms with Gasteiger partial charge in [0.25, 0.3) is 0 Å². The van der Waals surface area contributed by atoms with Gasteiger partial charge in [-0.3, -0.25) is 43.2 Å². The van der Waals surface area contributed by atoms with Gasteiger partial charge >= 0.3 is 17.9 Å². The first-order chi connectivity index (χ1) is 30.4. The third-order valence-electron chi connectivity index (χ3n) is 11.0. The molecule has 14 N–H and O–H groups in total. The first kappa shape index (κ1) is 55.0. The van der Waals surface area contributed by atoms with Crippen molar-refractivity contribution in [3.63, 3.8) is 0 Å². The number of carboxylic acids is 3. The molecule has 1 fully saturated rings. The van der Waals surface area contributed by atoms with Crippen LogP contribution in [0, 0.1) is 23.7 Å². The summed E-state index contributed by atoms with van der Waals surface area (Å²) >= 11 is 0. The Morgan fingerprint density at radius 3 is 1.80 bits per heavy atom. The number of carbonyl (C=O) groups excluding carboxylic acids is 7. The van der Waals surface area contributed by atoms with Crippen LogP contribution in [0.3, 0.4) is 0 Å². The van der Waals surface area contributed by atoms with E-state index in [0.717, 1.165) is 0 Å². The molecule has 0 aliphatic heterocycles. The number of nitrogens with two attached hydrogens (primary N) is 2. The highest BCUT2D eigenvalue weighted by atomic mass is 16.4. The first-order valence-corrected chi connectivity index (χ1v) is 21.7. The van der Waals surface area contributed by atoms with E-state index < -0.39 is 151 Å². The van der Waals surface area contributed by atoms with Crippen molar-refractivity contribution in [1.82, 2.24) is 31.9 Å². The Bertz CT molecular complexity index is 1850. The minimum absolute atomic E-state index is 0.0932. The fourth-order valence-corrected chi connectivity index (χ4v) is 7.52. The lowest BCUT2D eigenvalue weighted by Gasteiger charge is -2.34. The number of nitrogens with one attached hydrogen (secondary N) is 6. The molecule has 22 heteroatoms. The Kier molecular flexibility index (Phi) is 22.5. The molecule has 10 unspecified atom stereocenters. The summed E-state index contributed by atoms with van der Waals surface area (Å²) in [4.78, 5) is 127. The summed E-state index contributed by atoms with van der Waals surface area (Å²) in [6.45, 7) is 8.16. The predicted molar refractivity (Wildman–Crippen MR) is 232 cm³/mol. The largest absolute Gasteiger partial charge is 0.481 e. The van der Waals surface area contributed by atoms with Gasteiger partial charge in [-0.05, 0) is 62.3 Å². The molecule has 0 radical (unpaired) electrons. The SMILES string of the molecule is CC(C)CC(NC(=O)C(CC(N)=O)NC(=O)C(NC(=O)C(N)CCC(=O)O)C(C)C)C(O)C1CCCC1C(=O)NC(C)C(=O)NC(CCC(=O)O)C(=O)NC(Cc1ccccc1)C(=O)O. The number of carboxylic acid groups (broad SMARTS) is 3. The van der Waals surface area contributed by atoms with Crippen LogP contribution in [-0.4, -0.2) is 128 Å². The highest BCUT2D eigenvalue weighted by Crippen LogP contribution is 2.36. The number of rotatable bonds is 28. The van der Waals surface area contributed by atoms with Gasteiger partial charge in [-0.15, -0.1) is 0 Å². The standard InChI is InChI=1S/C43H66N8O14/c1-21(2)18-29(48-41(62)30(20-32(45)52)49-42(63)35(22(3)4)51-39(60)27(44)14-16-33(53)54)36(57)25-12-9-13-26(25)38(59)46-23(5)37(58)47-28(15-17-34(55)56)40(61)50-31(43(64)65)19-24-10-7-6-8-11-24/h6-8,10-11,21-23,25-31,35-36,57H,9,12-20,44H2,1-5H3,(H2,45,52)(H,46,59)(H,47,58)(H,48,62)(H,49,63)(H,50,61)(H,51,60)(H,53,54)(H,55,56)(H,64,65). The maximum atomic E-state index is 13.8. The van der Waals surface area contributed by atoms with Crippen molar-refractivity contribution in [2.24, 2.45) is 35.1 Å². The van der Waals surface area contributed by atoms with E-state index in [1.807, 2.05) is 13.8 Å². The number of aliphatic carboxylic acids is 3. The first-order valence-electron chi connectivity index (χ1n) is 21.7. The van der Waals surface area contributed by atoms with Crippen LogP contribution in [0.4, 0.5) is 0 Å². The van der Waals surface area contributed by atoms with Crippen LogP contribution in [0.2, 0.25) is 0 Å². The average molecular weight is 919 g/mol. The lowest BCUT2D eigenvalue weighted by Crippen LogP contribution is -2.59. The van der Waals surface area contributed by atoms with Gasteiger partial charge in [-0.2, -0.15) is 0 Å². The van der Waals surface area contributed by atoms with Gasteiger partial charge in [0, 0.05) is 25.2 Å². The lowest BCUT2D eigenvalue weighted by molar-refractivity contribution is -0.143. The van der Waals surface area contributed by atoms with E-state index >= 15 is 0 Å². The number of benzene rings is 1. The molecule has 1 aromatic carbocycles. The van der Waals surface area contributed by atoms with Crippen LogP contribution in [0.1, 0.15) is 98.0 Å². The van der Waals surface area contributed by atoms with Crippen LogP contribution in [0.15, 0.2) is 30.3 Å². The van der Waals surface area contributed by atoms with Gasteiger partial charge in [0.1, 0.15) is 30.2 Å². The summed E-state index contributed by atoms with van der Waals surface area (Å²) in [5.41, 5.74) is 11.8. The number of primary amides is 1. The van der Waals surface area contributed by atoms with Crippen LogP contribution in [-0.2, 0) is 54.4 Å². The van der Waals surface area contributed by atoms with Crippen molar-refractivity contribution in [1.29, 1.82) is 0 Å². The number of aliphatic hydroxyl groups excluding tert-OH is 1. The number of amides is 7. The van der Waals surface area contributed by atoms with Gasteiger partial charge < -0.3 is 63.8 Å². The zero-order valence-corrected chi connectivity index (χ0v) is 37.4. The highest BCUT2D eigenvalue weighted by Gasteiger charge is 2.42. The van der Waals surface area contributed by atoms with E-state index in [9.17, 15) is 63.3 Å². The van der Waals surface area contributed by atoms with Gasteiger partial charge in [0.05, 0.1) is 24.6 Å². The topological polar surface area (TPSA) is 376 Å². The smallest absolute Gasteiger partial charge is 0.326 e. The van der Waals surface area contributed by atoms with E-state index in [-0.39, 0.29) is 31.6 Å². The second-order valence-electron chi connectivity index (χ2n) is 17.3. The minimum Gasteiger partial charge on any atom is -0.481 e. The van der Waals surface area contributed by atoms with E-state index in [2.05, 4.69) is 31.9 Å². The van der Waals surface area contributed by atoms with Gasteiger partial charge in [-0.1, -0.05) is 64.4 Å². The van der Waals surface area contributed by atoms with E-state index in [0.29, 0.717) is 18.4 Å². The molecular weight excluding hydrogens is 853 g/mol. The molecule has 1 saturated carbocycles. The number of hydrogen-bond donors (Lipinski definition) is 12. The summed E-state index contributed by atoms with van der Waals surface area (Å²) in [7, 11) is 0. The predicted octanol–water partition coefficient (Wildman–Crippen LogP) is -1.35. The van der Waals surface area contributed by atoms with Crippen molar-refractivity contribution in [2.45, 2.75) is 147 Å². The third-order valence-corrected chi connectivity index (χ3v) is 11.0. The van der Waals surface area contributed by atoms with E-state index in [4.69, 9.17) is 16.6 Å². The van der Waals surface area contributed by atoms with Crippen molar-refractivity contribution in [2.75, 3.05) is 0 Å². The van der Waals surface area contributed by atoms with Crippen molar-refractivity contribution in [3.05, 3.63) is 35.9 Å². The number of hydrogen-bond acceptors (Lipinski definition) is 12. The molecule has 22 nitrogen and oxygen atoms in total. The normalized spacial score (nSPS) is 18.4. The molecule has 0 heterocycles. The zero-order chi connectivity index (χ0) is 49.1. The maximum Gasteiger partial charge on any atom is 0.326 e. The van der Waals surface area contributed by atoms with Crippen LogP contribution >= 0.6 is 0 Å². The van der Waals surface area contributed by atoms with Crippen molar-refractivity contribution in [3.8, 4) is 0 Å². The molecule has 1 aromatic rings. The molecule has 0 bridgehead atoms. The van der Waals surface area contributed by atoms with Crippen LogP contribution in [0.5, 0.6) is 0 Å². The Morgan fingerprint density at radius 2 is 1.25 bits per heavy atom. The summed E-state index contributed by atoms with van der Waals surface area (Å²) in [6, 6.07) is -0.838. The molecule has 10 atom stereocenters. The number of carbonyl (C=O) groups is 10. The molecule has 0 aromatic heterocycles. The Labute approximate surface area is 377 Å². The summed E-state index contributed by atoms with van der Waals surface area (Å²) in [5, 5.41) is 54.8. The Morgan fingerprint density at radius 1 is 0.677 bits per heavy atom. The van der Waals surface area contributed by atoms with Gasteiger partial charge in [0.15, 0.2) is 0 Å². The molecule has 1 aliphatic carbocycles. The molecule has 0 spiro atoms. The van der Waals surface area contributed by atoms with Crippen molar-refractivity contribution < 1.29 is 68.4 Å². The molecule has 2 rings (SSSR count). The fraction of sp³-hybridized carbons (Fsp3) is 0.628. The number of aliphatic hydroxyl groups is 1. The van der Waals surface area contributed by atoms with Gasteiger partial charge in [0.2, 0.25) is 41.4 Å². The Balaban J connectivity index is 2.21. The van der Waals surface area contributed by atoms with Crippen LogP contribution < -0.4 is 43.4 Å². The summed E-state index contributed by atoms with van der Waals surface area (Å²) in [5.74, 6) is -12.1. The summed E-state index contributed by atoms with van der Waals surface area (Å²) in [6.07, 6.45) is -2.38. The quantitative estimate of drug-likeness (QED) is 0.0463. The van der Waals surface area contributed by atoms with Crippen LogP contribution in [0.25, 0.3) is 0 Å². The third kappa shape index (κ3) is 18.8. The molecule has 7 amide bonds. The Hall–Kier alpha value is -6.16. The molecule has 1 aliphatic rings. The molecule has 362 valence electrons. The fourth-order valence-electron chi connectivity index (χ4n) is 7.52. The van der Waals surface area contributed by atoms with E-state index in [1.54, 1.807) is 44.2 Å². The maximum absolute atomic E-state index is 13.8.